The molecule has 7 aromatic rings. The Morgan fingerprint density at radius 3 is 1.90 bits per heavy atom. The van der Waals surface area contributed by atoms with Gasteiger partial charge >= 0.3 is 5.63 Å². The number of rotatable bonds is 10. The molecule has 0 saturated carbocycles. The third kappa shape index (κ3) is 5.40. The molecule has 1 atom stereocenters. The molecule has 4 aromatic carbocycles. The number of fused-ring (bicyclic) bond motifs is 3. The number of hydrogen-bond donors (Lipinski definition) is 2. The lowest BCUT2D eigenvalue weighted by atomic mass is 9.82. The molecule has 7 rings (SSSR count). The van der Waals surface area contributed by atoms with Gasteiger partial charge in [0.2, 0.25) is 0 Å². The van der Waals surface area contributed by atoms with Crippen LogP contribution in [0.3, 0.4) is 0 Å². The zero-order chi connectivity index (χ0) is 35.3. The van der Waals surface area contributed by atoms with Crippen molar-refractivity contribution in [2.45, 2.75) is 32.1 Å². The van der Waals surface area contributed by atoms with Crippen LogP contribution < -0.4 is 15.1 Å². The molecule has 0 radical (unpaired) electrons. The van der Waals surface area contributed by atoms with Crippen LogP contribution in [0.1, 0.15) is 54.4 Å². The van der Waals surface area contributed by atoms with E-state index in [4.69, 9.17) is 13.9 Å². The van der Waals surface area contributed by atoms with Crippen molar-refractivity contribution in [3.63, 3.8) is 0 Å². The molecule has 0 aliphatic heterocycles. The molecule has 0 aliphatic carbocycles. The summed E-state index contributed by atoms with van der Waals surface area (Å²) in [5.41, 5.74) is 5.23. The van der Waals surface area contributed by atoms with Crippen LogP contribution in [0.4, 0.5) is 11.4 Å². The van der Waals surface area contributed by atoms with Gasteiger partial charge in [0.25, 0.3) is 11.4 Å². The molecule has 50 heavy (non-hydrogen) atoms. The number of nitro benzene ring substituents is 2. The van der Waals surface area contributed by atoms with E-state index in [-0.39, 0.29) is 17.3 Å². The number of nitrogens with zero attached hydrogens (tertiary/aromatic N) is 2. The van der Waals surface area contributed by atoms with Crippen molar-refractivity contribution in [3.8, 4) is 22.6 Å². The molecule has 3 heterocycles. The van der Waals surface area contributed by atoms with Crippen molar-refractivity contribution in [2.75, 3.05) is 14.2 Å². The average Bonchev–Trinajstić information content (AvgIpc) is 3.74. The van der Waals surface area contributed by atoms with Gasteiger partial charge < -0.3 is 23.9 Å². The number of benzene rings is 4. The van der Waals surface area contributed by atoms with E-state index in [0.29, 0.717) is 55.4 Å². The Morgan fingerprint density at radius 1 is 0.760 bits per heavy atom. The molecule has 0 saturated heterocycles. The fourth-order valence-corrected chi connectivity index (χ4v) is 6.74. The van der Waals surface area contributed by atoms with E-state index < -0.39 is 21.4 Å². The highest BCUT2D eigenvalue weighted by molar-refractivity contribution is 5.92. The smallest absolute Gasteiger partial charge is 0.344 e. The third-order valence-corrected chi connectivity index (χ3v) is 9.49. The number of aromatic nitrogens is 2. The number of methoxy groups -OCH3 is 2. The Labute approximate surface area is 284 Å². The van der Waals surface area contributed by atoms with E-state index in [1.165, 1.54) is 38.5 Å². The van der Waals surface area contributed by atoms with Crippen LogP contribution in [0.25, 0.3) is 43.9 Å². The van der Waals surface area contributed by atoms with Gasteiger partial charge in [-0.2, -0.15) is 0 Å². The van der Waals surface area contributed by atoms with E-state index in [1.807, 2.05) is 31.5 Å². The molecule has 3 aromatic heterocycles. The first-order valence-electron chi connectivity index (χ1n) is 16.0. The molecule has 0 fully saturated rings. The number of nitro groups is 2. The second-order valence-corrected chi connectivity index (χ2v) is 12.3. The molecule has 2 N–H and O–H groups in total. The van der Waals surface area contributed by atoms with Crippen LogP contribution in [0.5, 0.6) is 11.5 Å². The van der Waals surface area contributed by atoms with Gasteiger partial charge in [-0.25, -0.2) is 4.79 Å². The van der Waals surface area contributed by atoms with Crippen molar-refractivity contribution >= 4 is 44.1 Å². The standard InChI is InChI=1S/C38H32N4O8/c1-5-20(2)26-13-22(12-23-14-27(38(43)50-37(23)26)21-6-11-34(48-3)35(15-21)49-4)36(30-18-39-32-9-7-24(41(44)45)16-28(30)32)31-19-40-33-10-8-25(42(46)47)17-29(31)33/h6-20,36,39-40H,5H2,1-4H3. The van der Waals surface area contributed by atoms with Crippen molar-refractivity contribution < 1.29 is 23.7 Å². The fourth-order valence-electron chi connectivity index (χ4n) is 6.74. The monoisotopic (exact) mass is 672 g/mol. The van der Waals surface area contributed by atoms with E-state index in [9.17, 15) is 25.0 Å². The van der Waals surface area contributed by atoms with Crippen LogP contribution in [0.15, 0.2) is 94.4 Å². The quantitative estimate of drug-likeness (QED) is 0.0825. The van der Waals surface area contributed by atoms with Gasteiger partial charge in [0.15, 0.2) is 11.5 Å². The van der Waals surface area contributed by atoms with Gasteiger partial charge in [0, 0.05) is 69.8 Å². The maximum absolute atomic E-state index is 13.6. The highest BCUT2D eigenvalue weighted by Gasteiger charge is 2.28. The van der Waals surface area contributed by atoms with Gasteiger partial charge in [-0.1, -0.05) is 26.0 Å². The lowest BCUT2D eigenvalue weighted by Crippen LogP contribution is -2.08. The minimum atomic E-state index is -0.551. The molecule has 0 bridgehead atoms. The van der Waals surface area contributed by atoms with Crippen molar-refractivity contribution in [1.82, 2.24) is 9.97 Å². The number of nitrogens with one attached hydrogen (secondary N) is 2. The number of non-ortho nitro benzene ring substituents is 2. The predicted octanol–water partition coefficient (Wildman–Crippen LogP) is 8.95. The Bertz CT molecular complexity index is 2440. The lowest BCUT2D eigenvalue weighted by molar-refractivity contribution is -0.384. The summed E-state index contributed by atoms with van der Waals surface area (Å²) in [6.45, 7) is 4.11. The Morgan fingerprint density at radius 2 is 1.36 bits per heavy atom. The molecule has 252 valence electrons. The average molecular weight is 673 g/mol. The summed E-state index contributed by atoms with van der Waals surface area (Å²) in [5, 5.41) is 25.6. The summed E-state index contributed by atoms with van der Waals surface area (Å²) in [5.74, 6) is 0.412. The van der Waals surface area contributed by atoms with Crippen molar-refractivity contribution in [2.24, 2.45) is 0 Å². The normalized spacial score (nSPS) is 12.2. The van der Waals surface area contributed by atoms with Crippen molar-refractivity contribution in [3.05, 3.63) is 138 Å². The maximum Gasteiger partial charge on any atom is 0.344 e. The van der Waals surface area contributed by atoms with Gasteiger partial charge in [0.05, 0.1) is 29.6 Å². The van der Waals surface area contributed by atoms with Gasteiger partial charge in [-0.3, -0.25) is 20.2 Å². The van der Waals surface area contributed by atoms with Gasteiger partial charge in [-0.15, -0.1) is 0 Å². The zero-order valence-corrected chi connectivity index (χ0v) is 27.6. The molecule has 0 amide bonds. The third-order valence-electron chi connectivity index (χ3n) is 9.49. The first-order chi connectivity index (χ1) is 24.1. The molecule has 1 unspecified atom stereocenters. The molecule has 12 heteroatoms. The highest BCUT2D eigenvalue weighted by Crippen LogP contribution is 2.43. The second-order valence-electron chi connectivity index (χ2n) is 12.3. The topological polar surface area (TPSA) is 167 Å². The zero-order valence-electron chi connectivity index (χ0n) is 27.6. The lowest BCUT2D eigenvalue weighted by Gasteiger charge is -2.21. The van der Waals surface area contributed by atoms with Crippen LogP contribution >= 0.6 is 0 Å². The molecule has 0 aliphatic rings. The Hall–Kier alpha value is -6.43. The fraction of sp³-hybridized carbons (Fsp3) is 0.184. The van der Waals surface area contributed by atoms with Crippen LogP contribution in [0, 0.1) is 20.2 Å². The molecular weight excluding hydrogens is 640 g/mol. The van der Waals surface area contributed by atoms with Crippen molar-refractivity contribution in [1.29, 1.82) is 0 Å². The summed E-state index contributed by atoms with van der Waals surface area (Å²) < 4.78 is 17.0. The summed E-state index contributed by atoms with van der Waals surface area (Å²) >= 11 is 0. The number of hydrogen-bond acceptors (Lipinski definition) is 8. The Balaban J connectivity index is 1.54. The minimum absolute atomic E-state index is 0.0127. The summed E-state index contributed by atoms with van der Waals surface area (Å²) in [7, 11) is 3.06. The summed E-state index contributed by atoms with van der Waals surface area (Å²) in [6.07, 6.45) is 4.40. The predicted molar refractivity (Wildman–Crippen MR) is 191 cm³/mol. The molecular formula is C38H32N4O8. The molecule has 0 spiro atoms. The first kappa shape index (κ1) is 32.1. The second kappa shape index (κ2) is 12.5. The van der Waals surface area contributed by atoms with Crippen LogP contribution in [-0.2, 0) is 0 Å². The van der Waals surface area contributed by atoms with E-state index in [1.54, 1.807) is 36.4 Å². The van der Waals surface area contributed by atoms with Gasteiger partial charge in [-0.05, 0) is 76.6 Å². The largest absolute Gasteiger partial charge is 0.493 e. The van der Waals surface area contributed by atoms with Crippen LogP contribution in [-0.4, -0.2) is 34.0 Å². The number of aromatic amines is 2. The number of H-pyrrole nitrogens is 2. The summed E-state index contributed by atoms with van der Waals surface area (Å²) in [4.78, 5) is 42.9. The maximum atomic E-state index is 13.6. The van der Waals surface area contributed by atoms with E-state index in [0.717, 1.165) is 28.7 Å². The SMILES string of the molecule is CCC(C)c1cc(C(c2c[nH]c3ccc([N+](=O)[O-])cc23)c2c[nH]c3ccc([N+](=O)[O-])cc23)cc2cc(-c3ccc(OC)c(OC)c3)c(=O)oc12. The number of ether oxygens (including phenoxy) is 2. The first-order valence-corrected chi connectivity index (χ1v) is 16.0. The minimum Gasteiger partial charge on any atom is -0.493 e. The van der Waals surface area contributed by atoms with E-state index >= 15 is 0 Å². The van der Waals surface area contributed by atoms with Gasteiger partial charge in [0.1, 0.15) is 5.58 Å². The molecule has 12 nitrogen and oxygen atoms in total. The summed E-state index contributed by atoms with van der Waals surface area (Å²) in [6, 6.07) is 20.3. The van der Waals surface area contributed by atoms with E-state index in [2.05, 4.69) is 16.9 Å². The Kier molecular flexibility index (Phi) is 8.06. The van der Waals surface area contributed by atoms with Crippen LogP contribution in [0.2, 0.25) is 0 Å². The highest BCUT2D eigenvalue weighted by atomic mass is 16.6.